The molecule has 0 amide bonds. The van der Waals surface area contributed by atoms with E-state index in [2.05, 4.69) is 50.1 Å². The molecule has 0 fully saturated rings. The second-order valence-corrected chi connectivity index (χ2v) is 4.61. The van der Waals surface area contributed by atoms with E-state index in [0.29, 0.717) is 6.04 Å². The molecule has 0 radical (unpaired) electrons. The van der Waals surface area contributed by atoms with Crippen molar-refractivity contribution in [2.45, 2.75) is 46.2 Å². The van der Waals surface area contributed by atoms with Crippen LogP contribution in [0.25, 0.3) is 0 Å². The predicted octanol–water partition coefficient (Wildman–Crippen LogP) is 2.62. The number of hydrogen-bond acceptors (Lipinski definition) is 2. The van der Waals surface area contributed by atoms with Crippen LogP contribution in [0.5, 0.6) is 0 Å². The highest BCUT2D eigenvalue weighted by atomic mass is 15.0. The lowest BCUT2D eigenvalue weighted by atomic mass is 9.94. The summed E-state index contributed by atoms with van der Waals surface area (Å²) in [7, 11) is 0. The Labute approximate surface area is 86.8 Å². The molecule has 0 aliphatic rings. The zero-order valence-corrected chi connectivity index (χ0v) is 9.76. The van der Waals surface area contributed by atoms with Crippen molar-refractivity contribution in [1.29, 1.82) is 0 Å². The number of hydrogen-bond donors (Lipinski definition) is 1. The van der Waals surface area contributed by atoms with Crippen LogP contribution in [0.15, 0.2) is 18.3 Å². The summed E-state index contributed by atoms with van der Waals surface area (Å²) in [4.78, 5) is 4.20. The monoisotopic (exact) mass is 192 g/mol. The summed E-state index contributed by atoms with van der Waals surface area (Å²) in [5.41, 5.74) is 2.38. The van der Waals surface area contributed by atoms with Crippen LogP contribution in [0.2, 0.25) is 0 Å². The van der Waals surface area contributed by atoms with Gasteiger partial charge in [-0.3, -0.25) is 4.98 Å². The first-order valence-electron chi connectivity index (χ1n) is 5.12. The van der Waals surface area contributed by atoms with Crippen LogP contribution in [0.1, 0.15) is 39.0 Å². The van der Waals surface area contributed by atoms with E-state index in [-0.39, 0.29) is 5.54 Å². The smallest absolute Gasteiger partial charge is 0.0380 e. The van der Waals surface area contributed by atoms with Crippen molar-refractivity contribution in [1.82, 2.24) is 10.3 Å². The summed E-state index contributed by atoms with van der Waals surface area (Å²) in [5, 5.41) is 3.53. The Kier molecular flexibility index (Phi) is 3.27. The van der Waals surface area contributed by atoms with Crippen LogP contribution in [0.3, 0.4) is 0 Å². The molecule has 78 valence electrons. The maximum atomic E-state index is 4.20. The van der Waals surface area contributed by atoms with E-state index >= 15 is 0 Å². The molecule has 0 spiro atoms. The van der Waals surface area contributed by atoms with E-state index in [4.69, 9.17) is 0 Å². The van der Waals surface area contributed by atoms with E-state index in [9.17, 15) is 0 Å². The minimum atomic E-state index is 0.0157. The molecule has 1 rings (SSSR count). The Morgan fingerprint density at radius 3 is 2.50 bits per heavy atom. The second-order valence-electron chi connectivity index (χ2n) is 4.61. The normalized spacial score (nSPS) is 12.1. The van der Waals surface area contributed by atoms with Gasteiger partial charge in [-0.15, -0.1) is 0 Å². The van der Waals surface area contributed by atoms with Crippen LogP contribution < -0.4 is 5.32 Å². The molecule has 2 heteroatoms. The molecule has 2 nitrogen and oxygen atoms in total. The van der Waals surface area contributed by atoms with Crippen molar-refractivity contribution in [3.05, 3.63) is 29.6 Å². The molecule has 0 saturated heterocycles. The minimum absolute atomic E-state index is 0.0157. The summed E-state index contributed by atoms with van der Waals surface area (Å²) in [6.07, 6.45) is 1.87. The summed E-state index contributed by atoms with van der Waals surface area (Å²) in [6, 6.07) is 4.69. The van der Waals surface area contributed by atoms with Gasteiger partial charge < -0.3 is 5.32 Å². The van der Waals surface area contributed by atoms with Crippen molar-refractivity contribution < 1.29 is 0 Å². The maximum absolute atomic E-state index is 4.20. The van der Waals surface area contributed by atoms with Gasteiger partial charge in [-0.1, -0.05) is 13.8 Å². The van der Waals surface area contributed by atoms with Crippen molar-refractivity contribution in [2.24, 2.45) is 0 Å². The number of nitrogens with one attached hydrogen (secondary N) is 1. The molecule has 0 unspecified atom stereocenters. The largest absolute Gasteiger partial charge is 0.306 e. The average molecular weight is 192 g/mol. The Morgan fingerprint density at radius 2 is 2.00 bits per heavy atom. The van der Waals surface area contributed by atoms with Gasteiger partial charge in [0.2, 0.25) is 0 Å². The van der Waals surface area contributed by atoms with Gasteiger partial charge in [-0.05, 0) is 38.5 Å². The standard InChI is InChI=1S/C12H20N2/c1-9(2)14-12(4,5)11-6-7-13-10(3)8-11/h6-9,14H,1-5H3. The average Bonchev–Trinajstić information content (AvgIpc) is 2.01. The van der Waals surface area contributed by atoms with E-state index in [1.165, 1.54) is 5.56 Å². The fourth-order valence-corrected chi connectivity index (χ4v) is 1.74. The van der Waals surface area contributed by atoms with Gasteiger partial charge in [0, 0.05) is 23.5 Å². The van der Waals surface area contributed by atoms with Crippen molar-refractivity contribution >= 4 is 0 Å². The Bertz CT molecular complexity index is 303. The van der Waals surface area contributed by atoms with Crippen molar-refractivity contribution in [2.75, 3.05) is 0 Å². The molecule has 14 heavy (non-hydrogen) atoms. The van der Waals surface area contributed by atoms with Gasteiger partial charge in [0.25, 0.3) is 0 Å². The molecule has 0 aliphatic heterocycles. The van der Waals surface area contributed by atoms with Crippen molar-refractivity contribution in [3.63, 3.8) is 0 Å². The number of aryl methyl sites for hydroxylation is 1. The van der Waals surface area contributed by atoms with Crippen LogP contribution in [-0.2, 0) is 5.54 Å². The molecule has 1 heterocycles. The zero-order valence-electron chi connectivity index (χ0n) is 9.76. The summed E-state index contributed by atoms with van der Waals surface area (Å²) in [5.74, 6) is 0. The molecule has 0 bridgehead atoms. The van der Waals surface area contributed by atoms with Crippen LogP contribution in [0.4, 0.5) is 0 Å². The van der Waals surface area contributed by atoms with Gasteiger partial charge in [0.05, 0.1) is 0 Å². The fraction of sp³-hybridized carbons (Fsp3) is 0.583. The van der Waals surface area contributed by atoms with E-state index in [1.54, 1.807) is 0 Å². The number of rotatable bonds is 3. The lowest BCUT2D eigenvalue weighted by molar-refractivity contribution is 0.365. The summed E-state index contributed by atoms with van der Waals surface area (Å²) >= 11 is 0. The first-order chi connectivity index (χ1) is 6.42. The highest BCUT2D eigenvalue weighted by molar-refractivity contribution is 5.23. The van der Waals surface area contributed by atoms with Crippen LogP contribution in [-0.4, -0.2) is 11.0 Å². The number of nitrogens with zero attached hydrogens (tertiary/aromatic N) is 1. The van der Waals surface area contributed by atoms with E-state index in [0.717, 1.165) is 5.69 Å². The molecule has 1 N–H and O–H groups in total. The summed E-state index contributed by atoms with van der Waals surface area (Å²) < 4.78 is 0. The molecule has 0 saturated carbocycles. The summed E-state index contributed by atoms with van der Waals surface area (Å²) in [6.45, 7) is 10.7. The molecule has 0 aromatic carbocycles. The molecular formula is C12H20N2. The van der Waals surface area contributed by atoms with Gasteiger partial charge in [0.1, 0.15) is 0 Å². The maximum Gasteiger partial charge on any atom is 0.0380 e. The molecule has 1 aromatic heterocycles. The fourth-order valence-electron chi connectivity index (χ4n) is 1.74. The predicted molar refractivity (Wildman–Crippen MR) is 60.3 cm³/mol. The van der Waals surface area contributed by atoms with Gasteiger partial charge >= 0.3 is 0 Å². The molecule has 0 atom stereocenters. The molecule has 1 aromatic rings. The minimum Gasteiger partial charge on any atom is -0.306 e. The van der Waals surface area contributed by atoms with Gasteiger partial charge in [0.15, 0.2) is 0 Å². The van der Waals surface area contributed by atoms with Gasteiger partial charge in [-0.2, -0.15) is 0 Å². The Hall–Kier alpha value is -0.890. The zero-order chi connectivity index (χ0) is 10.8. The van der Waals surface area contributed by atoms with E-state index < -0.39 is 0 Å². The lowest BCUT2D eigenvalue weighted by Crippen LogP contribution is -2.41. The topological polar surface area (TPSA) is 24.9 Å². The lowest BCUT2D eigenvalue weighted by Gasteiger charge is -2.29. The second kappa shape index (κ2) is 4.09. The number of aromatic nitrogens is 1. The third-order valence-corrected chi connectivity index (χ3v) is 2.27. The van der Waals surface area contributed by atoms with Gasteiger partial charge in [-0.25, -0.2) is 0 Å². The quantitative estimate of drug-likeness (QED) is 0.796. The Balaban J connectivity index is 2.91. The third kappa shape index (κ3) is 2.81. The molecular weight excluding hydrogens is 172 g/mol. The molecule has 0 aliphatic carbocycles. The SMILES string of the molecule is Cc1cc(C(C)(C)NC(C)C)ccn1. The van der Waals surface area contributed by atoms with Crippen LogP contribution in [0, 0.1) is 6.92 Å². The van der Waals surface area contributed by atoms with E-state index in [1.807, 2.05) is 13.1 Å². The Morgan fingerprint density at radius 1 is 1.36 bits per heavy atom. The highest BCUT2D eigenvalue weighted by Crippen LogP contribution is 2.20. The van der Waals surface area contributed by atoms with Crippen LogP contribution >= 0.6 is 0 Å². The number of pyridine rings is 1. The third-order valence-electron chi connectivity index (χ3n) is 2.27. The highest BCUT2D eigenvalue weighted by Gasteiger charge is 2.20. The van der Waals surface area contributed by atoms with Crippen molar-refractivity contribution in [3.8, 4) is 0 Å². The first kappa shape index (κ1) is 11.2. The first-order valence-corrected chi connectivity index (χ1v) is 5.12.